The van der Waals surface area contributed by atoms with Gasteiger partial charge in [0.2, 0.25) is 0 Å². The molecule has 1 aromatic rings. The normalized spacial score (nSPS) is 12.2. The molecular weight excluding hydrogens is 230 g/mol. The molecule has 0 heterocycles. The van der Waals surface area contributed by atoms with Crippen LogP contribution in [0.4, 0.5) is 0 Å². The van der Waals surface area contributed by atoms with Gasteiger partial charge in [0.15, 0.2) is 0 Å². The first-order valence-corrected chi connectivity index (χ1v) is 5.43. The number of aliphatic hydroxyl groups is 1. The molecule has 0 bridgehead atoms. The Morgan fingerprint density at radius 3 is 2.69 bits per heavy atom. The number of nitrogens with one attached hydrogen (secondary N) is 1. The van der Waals surface area contributed by atoms with Gasteiger partial charge < -0.3 is 14.6 Å². The second-order valence-corrected chi connectivity index (χ2v) is 3.54. The van der Waals surface area contributed by atoms with Crippen molar-refractivity contribution in [1.29, 1.82) is 0 Å². The predicted molar refractivity (Wildman–Crippen MR) is 63.1 cm³/mol. The molecule has 1 aromatic carbocycles. The van der Waals surface area contributed by atoms with E-state index in [1.54, 1.807) is 20.3 Å². The summed E-state index contributed by atoms with van der Waals surface area (Å²) >= 11 is 5.48. The van der Waals surface area contributed by atoms with Crippen LogP contribution in [0.1, 0.15) is 5.56 Å². The first-order valence-electron chi connectivity index (χ1n) is 4.89. The molecule has 0 fully saturated rings. The fourth-order valence-electron chi connectivity index (χ4n) is 1.28. The molecule has 5 heteroatoms. The summed E-state index contributed by atoms with van der Waals surface area (Å²) in [5.41, 5.74) is 0.937. The van der Waals surface area contributed by atoms with Gasteiger partial charge in [0.1, 0.15) is 17.7 Å². The van der Waals surface area contributed by atoms with Crippen LogP contribution >= 0.6 is 11.6 Å². The second kappa shape index (κ2) is 6.58. The van der Waals surface area contributed by atoms with Gasteiger partial charge in [-0.05, 0) is 6.07 Å². The van der Waals surface area contributed by atoms with Crippen molar-refractivity contribution in [2.75, 3.05) is 20.1 Å². The van der Waals surface area contributed by atoms with Crippen molar-refractivity contribution in [3.05, 3.63) is 23.8 Å². The van der Waals surface area contributed by atoms with Crippen molar-refractivity contribution in [2.45, 2.75) is 12.8 Å². The van der Waals surface area contributed by atoms with Gasteiger partial charge in [-0.2, -0.15) is 0 Å². The maximum absolute atomic E-state index is 9.28. The van der Waals surface area contributed by atoms with Gasteiger partial charge in [0.25, 0.3) is 0 Å². The van der Waals surface area contributed by atoms with Crippen LogP contribution in [0.2, 0.25) is 0 Å². The van der Waals surface area contributed by atoms with Crippen molar-refractivity contribution in [2.24, 2.45) is 0 Å². The molecule has 0 radical (unpaired) electrons. The quantitative estimate of drug-likeness (QED) is 0.587. The summed E-state index contributed by atoms with van der Waals surface area (Å²) in [6, 6.07) is 5.52. The van der Waals surface area contributed by atoms with Crippen LogP contribution in [0.15, 0.2) is 18.2 Å². The van der Waals surface area contributed by atoms with E-state index in [-0.39, 0.29) is 5.88 Å². The first-order chi connectivity index (χ1) is 7.71. The van der Waals surface area contributed by atoms with Crippen molar-refractivity contribution in [3.63, 3.8) is 0 Å². The zero-order valence-corrected chi connectivity index (χ0v) is 10.1. The van der Waals surface area contributed by atoms with Crippen molar-refractivity contribution < 1.29 is 14.6 Å². The van der Waals surface area contributed by atoms with E-state index in [0.29, 0.717) is 12.3 Å². The van der Waals surface area contributed by atoms with Gasteiger partial charge in [0.05, 0.1) is 20.1 Å². The Labute approximate surface area is 100 Å². The molecule has 0 aliphatic heterocycles. The molecule has 1 atom stereocenters. The molecule has 4 nitrogen and oxygen atoms in total. The molecular formula is C11H16ClNO3. The van der Waals surface area contributed by atoms with Crippen LogP contribution < -0.4 is 14.8 Å². The van der Waals surface area contributed by atoms with Crippen molar-refractivity contribution in [3.8, 4) is 11.5 Å². The minimum absolute atomic E-state index is 0.151. The van der Waals surface area contributed by atoms with Gasteiger partial charge in [-0.1, -0.05) is 6.07 Å². The summed E-state index contributed by atoms with van der Waals surface area (Å²) in [5, 5.41) is 12.1. The molecule has 0 aliphatic carbocycles. The Bertz CT molecular complexity index is 333. The van der Waals surface area contributed by atoms with Crippen LogP contribution in [-0.2, 0) is 6.54 Å². The van der Waals surface area contributed by atoms with Crippen molar-refractivity contribution >= 4 is 11.6 Å². The standard InChI is InChI=1S/C11H16ClNO3/c1-15-9-4-3-8(10(5-9)16-2)7-13-11(14)6-12/h3-5,11,13-14H,6-7H2,1-2H3/t11-/m0/s1. The maximum atomic E-state index is 9.28. The highest BCUT2D eigenvalue weighted by Crippen LogP contribution is 2.24. The molecule has 2 N–H and O–H groups in total. The highest BCUT2D eigenvalue weighted by Gasteiger charge is 2.06. The van der Waals surface area contributed by atoms with E-state index in [4.69, 9.17) is 21.1 Å². The molecule has 0 amide bonds. The number of methoxy groups -OCH3 is 2. The lowest BCUT2D eigenvalue weighted by molar-refractivity contribution is 0.157. The second-order valence-electron chi connectivity index (χ2n) is 3.23. The number of benzene rings is 1. The Hall–Kier alpha value is -0.970. The Morgan fingerprint density at radius 2 is 2.12 bits per heavy atom. The molecule has 0 unspecified atom stereocenters. The highest BCUT2D eigenvalue weighted by atomic mass is 35.5. The topological polar surface area (TPSA) is 50.7 Å². The highest BCUT2D eigenvalue weighted by molar-refractivity contribution is 6.18. The summed E-state index contributed by atoms with van der Waals surface area (Å²) in [5.74, 6) is 1.60. The summed E-state index contributed by atoms with van der Waals surface area (Å²) < 4.78 is 10.3. The van der Waals surface area contributed by atoms with Crippen LogP contribution in [-0.4, -0.2) is 31.4 Å². The lowest BCUT2D eigenvalue weighted by atomic mass is 10.2. The zero-order chi connectivity index (χ0) is 12.0. The molecule has 0 spiro atoms. The van der Waals surface area contributed by atoms with E-state index >= 15 is 0 Å². The van der Waals surface area contributed by atoms with Crippen LogP contribution in [0.25, 0.3) is 0 Å². The van der Waals surface area contributed by atoms with Gasteiger partial charge in [0, 0.05) is 18.2 Å². The minimum Gasteiger partial charge on any atom is -0.497 e. The zero-order valence-electron chi connectivity index (χ0n) is 9.37. The third kappa shape index (κ3) is 3.56. The molecule has 90 valence electrons. The summed E-state index contributed by atoms with van der Waals surface area (Å²) in [6.45, 7) is 0.487. The van der Waals surface area contributed by atoms with E-state index in [2.05, 4.69) is 5.32 Å². The summed E-state index contributed by atoms with van der Waals surface area (Å²) in [7, 11) is 3.19. The largest absolute Gasteiger partial charge is 0.497 e. The summed E-state index contributed by atoms with van der Waals surface area (Å²) in [6.07, 6.45) is -0.714. The molecule has 0 saturated heterocycles. The number of hydrogen-bond donors (Lipinski definition) is 2. The van der Waals surface area contributed by atoms with Gasteiger partial charge in [-0.15, -0.1) is 11.6 Å². The Morgan fingerprint density at radius 1 is 1.38 bits per heavy atom. The molecule has 0 aliphatic rings. The Balaban J connectivity index is 2.71. The Kier molecular flexibility index (Phi) is 5.38. The van der Waals surface area contributed by atoms with Crippen molar-refractivity contribution in [1.82, 2.24) is 5.32 Å². The van der Waals surface area contributed by atoms with E-state index in [0.717, 1.165) is 11.3 Å². The number of aliphatic hydroxyl groups excluding tert-OH is 1. The van der Waals surface area contributed by atoms with Gasteiger partial charge in [-0.3, -0.25) is 5.32 Å². The van der Waals surface area contributed by atoms with E-state index in [9.17, 15) is 5.11 Å². The molecule has 0 saturated carbocycles. The van der Waals surface area contributed by atoms with Crippen LogP contribution in [0.3, 0.4) is 0 Å². The monoisotopic (exact) mass is 245 g/mol. The number of hydrogen-bond acceptors (Lipinski definition) is 4. The third-order valence-corrected chi connectivity index (χ3v) is 2.46. The fourth-order valence-corrected chi connectivity index (χ4v) is 1.39. The predicted octanol–water partition coefficient (Wildman–Crippen LogP) is 1.35. The van der Waals surface area contributed by atoms with Gasteiger partial charge >= 0.3 is 0 Å². The van der Waals surface area contributed by atoms with E-state index < -0.39 is 6.23 Å². The smallest absolute Gasteiger partial charge is 0.127 e. The average Bonchev–Trinajstić information content (AvgIpc) is 2.35. The summed E-state index contributed by atoms with van der Waals surface area (Å²) in [4.78, 5) is 0. The number of ether oxygens (including phenoxy) is 2. The van der Waals surface area contributed by atoms with E-state index in [1.807, 2.05) is 12.1 Å². The lowest BCUT2D eigenvalue weighted by Gasteiger charge is -2.13. The van der Waals surface area contributed by atoms with Crippen LogP contribution in [0.5, 0.6) is 11.5 Å². The first kappa shape index (κ1) is 13.1. The number of rotatable bonds is 6. The lowest BCUT2D eigenvalue weighted by Crippen LogP contribution is -2.29. The molecule has 16 heavy (non-hydrogen) atoms. The number of halogens is 1. The maximum Gasteiger partial charge on any atom is 0.127 e. The minimum atomic E-state index is -0.714. The molecule has 1 rings (SSSR count). The van der Waals surface area contributed by atoms with E-state index in [1.165, 1.54) is 0 Å². The fraction of sp³-hybridized carbons (Fsp3) is 0.455. The third-order valence-electron chi connectivity index (χ3n) is 2.17. The van der Waals surface area contributed by atoms with Gasteiger partial charge in [-0.25, -0.2) is 0 Å². The SMILES string of the molecule is COc1ccc(CN[C@@H](O)CCl)c(OC)c1. The average molecular weight is 246 g/mol. The molecule has 0 aromatic heterocycles. The van der Waals surface area contributed by atoms with Crippen LogP contribution in [0, 0.1) is 0 Å². The number of alkyl halides is 1.